The molecular formula is C10H12FN3O3S. The molecule has 98 valence electrons. The van der Waals surface area contributed by atoms with Gasteiger partial charge in [0, 0.05) is 5.69 Å². The van der Waals surface area contributed by atoms with E-state index in [0.29, 0.717) is 0 Å². The first-order valence-electron chi connectivity index (χ1n) is 4.89. The lowest BCUT2D eigenvalue weighted by Crippen LogP contribution is -2.42. The Bertz CT molecular complexity index is 521. The smallest absolute Gasteiger partial charge is 0.318 e. The summed E-state index contributed by atoms with van der Waals surface area (Å²) < 4.78 is 25.4. The van der Waals surface area contributed by atoms with Crippen LogP contribution >= 0.6 is 0 Å². The van der Waals surface area contributed by atoms with Gasteiger partial charge in [0.05, 0.1) is 15.7 Å². The largest absolute Gasteiger partial charge is 0.399 e. The standard InChI is InChI=1S/C10H12FN3O3S/c1-5(9(15)14-10(13)16)18(17)8-3-2-6(12)4-7(8)11/h2-5H,12H2,1H3,(H3,13,14,15,16). The molecule has 0 radical (unpaired) electrons. The monoisotopic (exact) mass is 273 g/mol. The van der Waals surface area contributed by atoms with Crippen LogP contribution in [0.3, 0.4) is 0 Å². The van der Waals surface area contributed by atoms with Crippen molar-refractivity contribution >= 4 is 28.4 Å². The van der Waals surface area contributed by atoms with Gasteiger partial charge in [0.1, 0.15) is 11.1 Å². The molecule has 6 nitrogen and oxygen atoms in total. The van der Waals surface area contributed by atoms with Crippen LogP contribution in [-0.4, -0.2) is 21.4 Å². The van der Waals surface area contributed by atoms with E-state index in [-0.39, 0.29) is 10.6 Å². The predicted molar refractivity (Wildman–Crippen MR) is 64.4 cm³/mol. The molecule has 1 aromatic rings. The highest BCUT2D eigenvalue weighted by Crippen LogP contribution is 2.18. The van der Waals surface area contributed by atoms with E-state index in [2.05, 4.69) is 0 Å². The molecule has 5 N–H and O–H groups in total. The number of urea groups is 1. The number of anilines is 1. The lowest BCUT2D eigenvalue weighted by atomic mass is 10.3. The highest BCUT2D eigenvalue weighted by Gasteiger charge is 2.24. The van der Waals surface area contributed by atoms with Crippen LogP contribution in [0.15, 0.2) is 23.1 Å². The van der Waals surface area contributed by atoms with Gasteiger partial charge in [-0.3, -0.25) is 14.3 Å². The minimum Gasteiger partial charge on any atom is -0.399 e. The van der Waals surface area contributed by atoms with E-state index in [4.69, 9.17) is 11.5 Å². The van der Waals surface area contributed by atoms with Gasteiger partial charge < -0.3 is 11.5 Å². The SMILES string of the molecule is CC(C(=O)NC(N)=O)S(=O)c1ccc(N)cc1F. The molecule has 18 heavy (non-hydrogen) atoms. The molecule has 3 amide bonds. The summed E-state index contributed by atoms with van der Waals surface area (Å²) in [5.74, 6) is -1.61. The Morgan fingerprint density at radius 3 is 2.56 bits per heavy atom. The molecule has 0 aliphatic heterocycles. The fraction of sp³-hybridized carbons (Fsp3) is 0.200. The lowest BCUT2D eigenvalue weighted by Gasteiger charge is -2.11. The highest BCUT2D eigenvalue weighted by atomic mass is 32.2. The molecule has 0 saturated carbocycles. The van der Waals surface area contributed by atoms with Crippen molar-refractivity contribution in [3.8, 4) is 0 Å². The van der Waals surface area contributed by atoms with E-state index < -0.39 is 33.8 Å². The Labute approximate surface area is 105 Å². The number of nitrogens with one attached hydrogen (secondary N) is 1. The maximum atomic E-state index is 13.5. The molecule has 0 saturated heterocycles. The fourth-order valence-corrected chi connectivity index (χ4v) is 2.28. The van der Waals surface area contributed by atoms with E-state index in [1.807, 2.05) is 0 Å². The number of halogens is 1. The first kappa shape index (κ1) is 14.1. The van der Waals surface area contributed by atoms with E-state index in [1.54, 1.807) is 5.32 Å². The van der Waals surface area contributed by atoms with Gasteiger partial charge in [0.25, 0.3) is 0 Å². The number of hydrogen-bond acceptors (Lipinski definition) is 4. The second kappa shape index (κ2) is 5.58. The Balaban J connectivity index is 2.93. The molecule has 0 spiro atoms. The summed E-state index contributed by atoms with van der Waals surface area (Å²) in [7, 11) is -1.94. The second-order valence-corrected chi connectivity index (χ2v) is 5.22. The van der Waals surface area contributed by atoms with E-state index in [9.17, 15) is 18.2 Å². The Morgan fingerprint density at radius 1 is 1.44 bits per heavy atom. The second-order valence-electron chi connectivity index (χ2n) is 3.48. The molecule has 0 bridgehead atoms. The number of primary amides is 1. The molecular weight excluding hydrogens is 261 g/mol. The average molecular weight is 273 g/mol. The van der Waals surface area contributed by atoms with Gasteiger partial charge in [0.15, 0.2) is 0 Å². The Kier molecular flexibility index (Phi) is 4.38. The van der Waals surface area contributed by atoms with Crippen molar-refractivity contribution in [3.63, 3.8) is 0 Å². The summed E-state index contributed by atoms with van der Waals surface area (Å²) in [6.45, 7) is 1.30. The van der Waals surface area contributed by atoms with Crippen molar-refractivity contribution in [1.82, 2.24) is 5.32 Å². The quantitative estimate of drug-likeness (QED) is 0.677. The zero-order chi connectivity index (χ0) is 13.9. The Hall–Kier alpha value is -1.96. The minimum atomic E-state index is -1.94. The van der Waals surface area contributed by atoms with E-state index in [1.165, 1.54) is 19.1 Å². The van der Waals surface area contributed by atoms with E-state index >= 15 is 0 Å². The molecule has 1 aromatic carbocycles. The number of hydrogen-bond donors (Lipinski definition) is 3. The van der Waals surface area contributed by atoms with Gasteiger partial charge in [-0.05, 0) is 25.1 Å². The molecule has 0 heterocycles. The van der Waals surface area contributed by atoms with Gasteiger partial charge in [0.2, 0.25) is 5.91 Å². The van der Waals surface area contributed by atoms with Crippen LogP contribution in [0.25, 0.3) is 0 Å². The normalized spacial score (nSPS) is 13.7. The van der Waals surface area contributed by atoms with Crippen LogP contribution in [0.1, 0.15) is 6.92 Å². The van der Waals surface area contributed by atoms with Crippen LogP contribution < -0.4 is 16.8 Å². The molecule has 0 aliphatic rings. The predicted octanol–water partition coefficient (Wildman–Crippen LogP) is 0.0989. The number of benzene rings is 1. The van der Waals surface area contributed by atoms with Crippen molar-refractivity contribution in [3.05, 3.63) is 24.0 Å². The zero-order valence-electron chi connectivity index (χ0n) is 9.48. The number of carbonyl (C=O) groups is 2. The first-order valence-corrected chi connectivity index (χ1v) is 6.10. The number of carbonyl (C=O) groups excluding carboxylic acids is 2. The molecule has 0 aromatic heterocycles. The van der Waals surface area contributed by atoms with Crippen molar-refractivity contribution in [2.45, 2.75) is 17.1 Å². The molecule has 1 rings (SSSR count). The summed E-state index contributed by atoms with van der Waals surface area (Å²) in [5, 5.41) is 0.669. The molecule has 2 unspecified atom stereocenters. The van der Waals surface area contributed by atoms with Crippen molar-refractivity contribution in [2.75, 3.05) is 5.73 Å². The number of rotatable bonds is 3. The van der Waals surface area contributed by atoms with Crippen molar-refractivity contribution < 1.29 is 18.2 Å². The van der Waals surface area contributed by atoms with Gasteiger partial charge >= 0.3 is 6.03 Å². The van der Waals surface area contributed by atoms with Crippen LogP contribution in [0, 0.1) is 5.82 Å². The van der Waals surface area contributed by atoms with Gasteiger partial charge in [-0.15, -0.1) is 0 Å². The van der Waals surface area contributed by atoms with Crippen LogP contribution in [0.5, 0.6) is 0 Å². The van der Waals surface area contributed by atoms with E-state index in [0.717, 1.165) is 6.07 Å². The zero-order valence-corrected chi connectivity index (χ0v) is 10.3. The number of nitrogens with two attached hydrogens (primary N) is 2. The van der Waals surface area contributed by atoms with Crippen LogP contribution in [0.2, 0.25) is 0 Å². The maximum Gasteiger partial charge on any atom is 0.318 e. The minimum absolute atomic E-state index is 0.156. The maximum absolute atomic E-state index is 13.5. The summed E-state index contributed by atoms with van der Waals surface area (Å²) >= 11 is 0. The van der Waals surface area contributed by atoms with Crippen molar-refractivity contribution in [2.24, 2.45) is 5.73 Å². The van der Waals surface area contributed by atoms with Crippen LogP contribution in [0.4, 0.5) is 14.9 Å². The van der Waals surface area contributed by atoms with Gasteiger partial charge in [-0.2, -0.15) is 0 Å². The average Bonchev–Trinajstić information content (AvgIpc) is 2.26. The Morgan fingerprint density at radius 2 is 2.06 bits per heavy atom. The third-order valence-corrected chi connectivity index (χ3v) is 3.73. The van der Waals surface area contributed by atoms with Gasteiger partial charge in [-0.1, -0.05) is 0 Å². The number of nitrogen functional groups attached to an aromatic ring is 1. The summed E-state index contributed by atoms with van der Waals surface area (Å²) in [6, 6.07) is 2.55. The van der Waals surface area contributed by atoms with Crippen molar-refractivity contribution in [1.29, 1.82) is 0 Å². The number of imide groups is 1. The molecule has 8 heteroatoms. The third-order valence-electron chi connectivity index (χ3n) is 2.11. The van der Waals surface area contributed by atoms with Crippen LogP contribution in [-0.2, 0) is 15.6 Å². The molecule has 0 fully saturated rings. The molecule has 2 atom stereocenters. The first-order chi connectivity index (χ1) is 8.32. The lowest BCUT2D eigenvalue weighted by molar-refractivity contribution is -0.119. The molecule has 0 aliphatic carbocycles. The number of amides is 3. The summed E-state index contributed by atoms with van der Waals surface area (Å²) in [5.41, 5.74) is 10.3. The fourth-order valence-electron chi connectivity index (χ4n) is 1.19. The van der Waals surface area contributed by atoms with Gasteiger partial charge in [-0.25, -0.2) is 9.18 Å². The highest BCUT2D eigenvalue weighted by molar-refractivity contribution is 7.86. The summed E-state index contributed by atoms with van der Waals surface area (Å²) in [4.78, 5) is 21.7. The topological polar surface area (TPSA) is 115 Å². The third kappa shape index (κ3) is 3.27. The summed E-state index contributed by atoms with van der Waals surface area (Å²) in [6.07, 6.45) is 0.